The number of benzene rings is 1. The van der Waals surface area contributed by atoms with Gasteiger partial charge in [-0.25, -0.2) is 4.98 Å². The number of carbonyl (C=O) groups excluding carboxylic acids is 2. The summed E-state index contributed by atoms with van der Waals surface area (Å²) >= 11 is 1.30. The van der Waals surface area contributed by atoms with E-state index in [9.17, 15) is 9.59 Å². The molecule has 6 nitrogen and oxygen atoms in total. The zero-order valence-corrected chi connectivity index (χ0v) is 13.9. The van der Waals surface area contributed by atoms with E-state index < -0.39 is 0 Å². The van der Waals surface area contributed by atoms with E-state index in [0.717, 1.165) is 10.4 Å². The molecule has 1 heterocycles. The van der Waals surface area contributed by atoms with Crippen molar-refractivity contribution in [1.29, 1.82) is 0 Å². The minimum atomic E-state index is -0.334. The molecule has 0 atom stereocenters. The molecular formula is C16H19N3O3S. The van der Waals surface area contributed by atoms with E-state index in [-0.39, 0.29) is 18.3 Å². The summed E-state index contributed by atoms with van der Waals surface area (Å²) in [5.41, 5.74) is 1.60. The molecule has 1 amide bonds. The summed E-state index contributed by atoms with van der Waals surface area (Å²) < 4.78 is 4.73. The number of carbonyl (C=O) groups is 2. The van der Waals surface area contributed by atoms with Crippen LogP contribution in [0.1, 0.15) is 11.3 Å². The number of nitrogens with one attached hydrogen (secondary N) is 2. The summed E-state index contributed by atoms with van der Waals surface area (Å²) in [5.74, 6) is -0.448. The fraction of sp³-hybridized carbons (Fsp3) is 0.312. The molecule has 0 aliphatic rings. The SMILES string of the molecule is CNCCC(=O)Nc1nc(-c2ccccc2)c(CC(=O)OC)s1. The maximum atomic E-state index is 11.8. The predicted octanol–water partition coefficient (Wildman–Crippen LogP) is 2.07. The number of hydrogen-bond acceptors (Lipinski definition) is 6. The Morgan fingerprint density at radius 1 is 1.26 bits per heavy atom. The molecule has 0 saturated carbocycles. The lowest BCUT2D eigenvalue weighted by Gasteiger charge is -2.01. The second-order valence-electron chi connectivity index (χ2n) is 4.81. The molecule has 1 aromatic heterocycles. The highest BCUT2D eigenvalue weighted by Gasteiger charge is 2.17. The van der Waals surface area contributed by atoms with E-state index in [4.69, 9.17) is 4.74 Å². The van der Waals surface area contributed by atoms with Gasteiger partial charge in [0, 0.05) is 23.4 Å². The Balaban J connectivity index is 2.24. The molecule has 0 bridgehead atoms. The molecule has 0 aliphatic carbocycles. The third-order valence-electron chi connectivity index (χ3n) is 3.13. The van der Waals surface area contributed by atoms with Crippen molar-refractivity contribution >= 4 is 28.3 Å². The Morgan fingerprint density at radius 3 is 2.65 bits per heavy atom. The van der Waals surface area contributed by atoms with Crippen molar-refractivity contribution in [1.82, 2.24) is 10.3 Å². The summed E-state index contributed by atoms with van der Waals surface area (Å²) in [7, 11) is 3.14. The highest BCUT2D eigenvalue weighted by Crippen LogP contribution is 2.31. The van der Waals surface area contributed by atoms with Gasteiger partial charge in [-0.05, 0) is 7.05 Å². The first-order valence-electron chi connectivity index (χ1n) is 7.20. The molecular weight excluding hydrogens is 314 g/mol. The van der Waals surface area contributed by atoms with Crippen LogP contribution in [0.5, 0.6) is 0 Å². The van der Waals surface area contributed by atoms with Crippen LogP contribution in [-0.2, 0) is 20.7 Å². The molecule has 23 heavy (non-hydrogen) atoms. The number of ether oxygens (including phenoxy) is 1. The van der Waals surface area contributed by atoms with E-state index in [1.165, 1.54) is 18.4 Å². The lowest BCUT2D eigenvalue weighted by atomic mass is 10.1. The van der Waals surface area contributed by atoms with Gasteiger partial charge in [0.2, 0.25) is 5.91 Å². The smallest absolute Gasteiger partial charge is 0.310 e. The van der Waals surface area contributed by atoms with Gasteiger partial charge >= 0.3 is 5.97 Å². The molecule has 2 rings (SSSR count). The molecule has 0 radical (unpaired) electrons. The number of aromatic nitrogens is 1. The van der Waals surface area contributed by atoms with Crippen molar-refractivity contribution in [2.45, 2.75) is 12.8 Å². The summed E-state index contributed by atoms with van der Waals surface area (Å²) in [6, 6.07) is 9.56. The second-order valence-corrected chi connectivity index (χ2v) is 5.90. The lowest BCUT2D eigenvalue weighted by molar-refractivity contribution is -0.139. The van der Waals surface area contributed by atoms with E-state index >= 15 is 0 Å². The average Bonchev–Trinajstić information content (AvgIpc) is 2.95. The van der Waals surface area contributed by atoms with Crippen molar-refractivity contribution in [2.75, 3.05) is 26.0 Å². The number of nitrogens with zero attached hydrogens (tertiary/aromatic N) is 1. The van der Waals surface area contributed by atoms with Gasteiger partial charge in [-0.15, -0.1) is 11.3 Å². The zero-order valence-electron chi connectivity index (χ0n) is 13.1. The summed E-state index contributed by atoms with van der Waals surface area (Å²) in [5, 5.41) is 6.19. The van der Waals surface area contributed by atoms with E-state index in [1.807, 2.05) is 30.3 Å². The maximum absolute atomic E-state index is 11.8. The van der Waals surface area contributed by atoms with Crippen molar-refractivity contribution in [3.8, 4) is 11.3 Å². The molecule has 0 spiro atoms. The van der Waals surface area contributed by atoms with Gasteiger partial charge in [-0.2, -0.15) is 0 Å². The number of hydrogen-bond donors (Lipinski definition) is 2. The summed E-state index contributed by atoms with van der Waals surface area (Å²) in [6.07, 6.45) is 0.494. The molecule has 2 N–H and O–H groups in total. The normalized spacial score (nSPS) is 10.3. The minimum Gasteiger partial charge on any atom is -0.469 e. The summed E-state index contributed by atoms with van der Waals surface area (Å²) in [6.45, 7) is 0.595. The zero-order chi connectivity index (χ0) is 16.7. The van der Waals surface area contributed by atoms with Crippen molar-refractivity contribution in [3.05, 3.63) is 35.2 Å². The number of thiazole rings is 1. The van der Waals surface area contributed by atoms with Gasteiger partial charge in [-0.3, -0.25) is 9.59 Å². The minimum absolute atomic E-state index is 0.114. The standard InChI is InChI=1S/C16H19N3O3S/c1-17-9-8-13(20)18-16-19-15(11-6-4-3-5-7-11)12(23-16)10-14(21)22-2/h3-7,17H,8-10H2,1-2H3,(H,18,19,20). The number of esters is 1. The van der Waals surface area contributed by atoms with Crippen LogP contribution in [0.15, 0.2) is 30.3 Å². The van der Waals surface area contributed by atoms with Crippen molar-refractivity contribution in [3.63, 3.8) is 0 Å². The van der Waals surface area contributed by atoms with E-state index in [0.29, 0.717) is 23.8 Å². The number of amides is 1. The Bertz CT molecular complexity index is 670. The highest BCUT2D eigenvalue weighted by atomic mass is 32.1. The van der Waals surface area contributed by atoms with Crippen LogP contribution in [-0.4, -0.2) is 37.6 Å². The van der Waals surface area contributed by atoms with Crippen LogP contribution in [0.2, 0.25) is 0 Å². The fourth-order valence-electron chi connectivity index (χ4n) is 1.97. The highest BCUT2D eigenvalue weighted by molar-refractivity contribution is 7.16. The predicted molar refractivity (Wildman–Crippen MR) is 90.4 cm³/mol. The third kappa shape index (κ3) is 4.87. The van der Waals surface area contributed by atoms with Gasteiger partial charge in [0.05, 0.1) is 19.2 Å². The van der Waals surface area contributed by atoms with Gasteiger partial charge in [0.1, 0.15) is 0 Å². The second kappa shape index (κ2) is 8.40. The third-order valence-corrected chi connectivity index (χ3v) is 4.10. The molecule has 122 valence electrons. The van der Waals surface area contributed by atoms with Crippen LogP contribution in [0.4, 0.5) is 5.13 Å². The molecule has 0 unspecified atom stereocenters. The lowest BCUT2D eigenvalue weighted by Crippen LogP contribution is -2.18. The fourth-order valence-corrected chi connectivity index (χ4v) is 2.96. The molecule has 2 aromatic rings. The van der Waals surface area contributed by atoms with Gasteiger partial charge < -0.3 is 15.4 Å². The molecule has 1 aromatic carbocycles. The largest absolute Gasteiger partial charge is 0.469 e. The van der Waals surface area contributed by atoms with Crippen molar-refractivity contribution in [2.24, 2.45) is 0 Å². The van der Waals surface area contributed by atoms with Gasteiger partial charge in [0.25, 0.3) is 0 Å². The van der Waals surface area contributed by atoms with Crippen LogP contribution in [0, 0.1) is 0 Å². The quantitative estimate of drug-likeness (QED) is 0.758. The van der Waals surface area contributed by atoms with Crippen LogP contribution in [0.3, 0.4) is 0 Å². The number of anilines is 1. The van der Waals surface area contributed by atoms with Crippen molar-refractivity contribution < 1.29 is 14.3 Å². The molecule has 7 heteroatoms. The van der Waals surface area contributed by atoms with Gasteiger partial charge in [0.15, 0.2) is 5.13 Å². The topological polar surface area (TPSA) is 80.3 Å². The average molecular weight is 333 g/mol. The number of rotatable bonds is 7. The Kier molecular flexibility index (Phi) is 6.25. The monoisotopic (exact) mass is 333 g/mol. The molecule has 0 fully saturated rings. The van der Waals surface area contributed by atoms with E-state index in [1.54, 1.807) is 7.05 Å². The van der Waals surface area contributed by atoms with Gasteiger partial charge in [-0.1, -0.05) is 30.3 Å². The molecule has 0 aliphatic heterocycles. The first kappa shape index (κ1) is 17.1. The van der Waals surface area contributed by atoms with Crippen LogP contribution in [0.25, 0.3) is 11.3 Å². The van der Waals surface area contributed by atoms with Crippen LogP contribution < -0.4 is 10.6 Å². The van der Waals surface area contributed by atoms with E-state index in [2.05, 4.69) is 15.6 Å². The van der Waals surface area contributed by atoms with Crippen LogP contribution >= 0.6 is 11.3 Å². The Labute approximate surface area is 138 Å². The first-order valence-corrected chi connectivity index (χ1v) is 8.02. The Hall–Kier alpha value is -2.25. The summed E-state index contributed by atoms with van der Waals surface area (Å²) in [4.78, 5) is 28.7. The Morgan fingerprint density at radius 2 is 2.00 bits per heavy atom. The first-order chi connectivity index (χ1) is 11.1. The molecule has 0 saturated heterocycles. The number of methoxy groups -OCH3 is 1. The maximum Gasteiger partial charge on any atom is 0.310 e.